The Labute approximate surface area is 125 Å². The normalized spacial score (nSPS) is 12.7. The molecule has 1 atom stereocenters. The van der Waals surface area contributed by atoms with Crippen molar-refractivity contribution in [3.63, 3.8) is 0 Å². The summed E-state index contributed by atoms with van der Waals surface area (Å²) in [6.45, 7) is 8.40. The summed E-state index contributed by atoms with van der Waals surface area (Å²) in [6, 6.07) is 7.73. The number of aromatic nitrogens is 2. The zero-order valence-corrected chi connectivity index (χ0v) is 13.2. The third kappa shape index (κ3) is 3.34. The van der Waals surface area contributed by atoms with Gasteiger partial charge < -0.3 is 4.74 Å². The summed E-state index contributed by atoms with van der Waals surface area (Å²) in [4.78, 5) is 0. The molecule has 1 aromatic carbocycles. The van der Waals surface area contributed by atoms with E-state index in [2.05, 4.69) is 24.0 Å². The maximum absolute atomic E-state index is 6.19. The van der Waals surface area contributed by atoms with Crippen molar-refractivity contribution < 1.29 is 4.74 Å². The predicted octanol–water partition coefficient (Wildman–Crippen LogP) is 4.71. The van der Waals surface area contributed by atoms with Gasteiger partial charge in [0.1, 0.15) is 6.10 Å². The topological polar surface area (TPSA) is 37.9 Å². The highest BCUT2D eigenvalue weighted by atomic mass is 35.5. The Bertz CT molecular complexity index is 578. The minimum Gasteiger partial charge on any atom is -0.468 e. The second-order valence-corrected chi connectivity index (χ2v) is 5.92. The summed E-state index contributed by atoms with van der Waals surface area (Å²) < 4.78 is 5.95. The highest BCUT2D eigenvalue weighted by Gasteiger charge is 2.16. The Morgan fingerprint density at radius 3 is 2.60 bits per heavy atom. The molecule has 0 bridgehead atoms. The van der Waals surface area contributed by atoms with E-state index in [9.17, 15) is 0 Å². The first-order valence-corrected chi connectivity index (χ1v) is 7.31. The first-order valence-electron chi connectivity index (χ1n) is 6.94. The molecule has 0 unspecified atom stereocenters. The van der Waals surface area contributed by atoms with Gasteiger partial charge in [-0.2, -0.15) is 0 Å². The molecule has 0 aliphatic heterocycles. The van der Waals surface area contributed by atoms with Gasteiger partial charge in [-0.3, -0.25) is 5.10 Å². The van der Waals surface area contributed by atoms with Crippen molar-refractivity contribution in [3.05, 3.63) is 46.1 Å². The number of benzene rings is 1. The highest BCUT2D eigenvalue weighted by molar-refractivity contribution is 6.31. The molecule has 1 aromatic heterocycles. The van der Waals surface area contributed by atoms with Crippen molar-refractivity contribution in [2.75, 3.05) is 0 Å². The van der Waals surface area contributed by atoms with Gasteiger partial charge in [0, 0.05) is 21.8 Å². The minimum atomic E-state index is -0.127. The third-order valence-corrected chi connectivity index (χ3v) is 3.65. The van der Waals surface area contributed by atoms with Crippen molar-refractivity contribution >= 4 is 11.6 Å². The second-order valence-electron chi connectivity index (χ2n) is 5.51. The van der Waals surface area contributed by atoms with E-state index in [1.807, 2.05) is 38.1 Å². The second kappa shape index (κ2) is 6.31. The highest BCUT2D eigenvalue weighted by Crippen LogP contribution is 2.29. The predicted molar refractivity (Wildman–Crippen MR) is 82.4 cm³/mol. The Hall–Kier alpha value is -1.48. The number of nitrogens with one attached hydrogen (secondary N) is 1. The van der Waals surface area contributed by atoms with Crippen LogP contribution in [0, 0.1) is 12.8 Å². The van der Waals surface area contributed by atoms with E-state index in [-0.39, 0.29) is 6.10 Å². The molecule has 1 heterocycles. The third-order valence-electron chi connectivity index (χ3n) is 3.31. The van der Waals surface area contributed by atoms with E-state index in [0.717, 1.165) is 28.3 Å². The lowest BCUT2D eigenvalue weighted by atomic mass is 10.1. The molecule has 108 valence electrons. The van der Waals surface area contributed by atoms with Crippen molar-refractivity contribution in [2.24, 2.45) is 5.92 Å². The molecule has 0 fully saturated rings. The minimum absolute atomic E-state index is 0.127. The smallest absolute Gasteiger partial charge is 0.236 e. The molecule has 20 heavy (non-hydrogen) atoms. The molecule has 1 N–H and O–H groups in total. The summed E-state index contributed by atoms with van der Waals surface area (Å²) in [6.07, 6.45) is 0.848. The molecular weight excluding hydrogens is 272 g/mol. The Kier molecular flexibility index (Phi) is 4.71. The Morgan fingerprint density at radius 1 is 1.25 bits per heavy atom. The van der Waals surface area contributed by atoms with Gasteiger partial charge in [-0.15, -0.1) is 5.10 Å². The van der Waals surface area contributed by atoms with Crippen LogP contribution in [0.1, 0.15) is 43.7 Å². The van der Waals surface area contributed by atoms with E-state index < -0.39 is 0 Å². The summed E-state index contributed by atoms with van der Waals surface area (Å²) in [5.41, 5.74) is 3.20. The van der Waals surface area contributed by atoms with Gasteiger partial charge in [-0.05, 0) is 32.3 Å². The van der Waals surface area contributed by atoms with Gasteiger partial charge in [-0.1, -0.05) is 43.6 Å². The van der Waals surface area contributed by atoms with Gasteiger partial charge in [0.05, 0.1) is 0 Å². The van der Waals surface area contributed by atoms with Gasteiger partial charge in [0.2, 0.25) is 5.88 Å². The van der Waals surface area contributed by atoms with Crippen LogP contribution in [0.2, 0.25) is 5.02 Å². The maximum atomic E-state index is 6.19. The van der Waals surface area contributed by atoms with Crippen LogP contribution in [0.25, 0.3) is 0 Å². The van der Waals surface area contributed by atoms with Crippen molar-refractivity contribution in [1.29, 1.82) is 0 Å². The Balaban J connectivity index is 2.14. The molecule has 0 saturated heterocycles. The lowest BCUT2D eigenvalue weighted by molar-refractivity contribution is 0.216. The van der Waals surface area contributed by atoms with E-state index in [0.29, 0.717) is 11.8 Å². The molecule has 4 heteroatoms. The van der Waals surface area contributed by atoms with Crippen LogP contribution >= 0.6 is 11.6 Å². The van der Waals surface area contributed by atoms with Crippen LogP contribution in [-0.2, 0) is 6.42 Å². The zero-order chi connectivity index (χ0) is 14.7. The molecule has 2 aromatic rings. The molecule has 0 saturated carbocycles. The number of halogens is 1. The van der Waals surface area contributed by atoms with Crippen LogP contribution in [0.5, 0.6) is 5.88 Å². The van der Waals surface area contributed by atoms with Crippen molar-refractivity contribution in [3.8, 4) is 5.88 Å². The van der Waals surface area contributed by atoms with Crippen LogP contribution in [0.4, 0.5) is 0 Å². The SMILES string of the molecule is Cc1c(O[C@@H](C)c2ccccc2Cl)n[nH]c1CC(C)C. The molecular formula is C16H21ClN2O. The number of nitrogens with zero attached hydrogens (tertiary/aromatic N) is 1. The first-order chi connectivity index (χ1) is 9.49. The monoisotopic (exact) mass is 292 g/mol. The van der Waals surface area contributed by atoms with Crippen molar-refractivity contribution in [2.45, 2.75) is 40.2 Å². The number of aromatic amines is 1. The maximum Gasteiger partial charge on any atom is 0.236 e. The molecule has 0 spiro atoms. The zero-order valence-electron chi connectivity index (χ0n) is 12.4. The number of hydrogen-bond donors (Lipinski definition) is 1. The summed E-state index contributed by atoms with van der Waals surface area (Å²) in [5.74, 6) is 1.25. The summed E-state index contributed by atoms with van der Waals surface area (Å²) in [7, 11) is 0. The summed E-state index contributed by atoms with van der Waals surface area (Å²) in [5, 5.41) is 8.06. The number of hydrogen-bond acceptors (Lipinski definition) is 2. The average molecular weight is 293 g/mol. The van der Waals surface area contributed by atoms with Gasteiger partial charge >= 0.3 is 0 Å². The number of rotatable bonds is 5. The number of ether oxygens (including phenoxy) is 1. The van der Waals surface area contributed by atoms with E-state index in [4.69, 9.17) is 16.3 Å². The standard InChI is InChI=1S/C16H21ClN2O/c1-10(2)9-15-11(3)16(19-18-15)20-12(4)13-7-5-6-8-14(13)17/h5-8,10,12H,9H2,1-4H3,(H,18,19)/t12-/m0/s1. The summed E-state index contributed by atoms with van der Waals surface area (Å²) >= 11 is 6.19. The molecule has 0 radical (unpaired) electrons. The van der Waals surface area contributed by atoms with Gasteiger partial charge in [-0.25, -0.2) is 0 Å². The fraction of sp³-hybridized carbons (Fsp3) is 0.438. The molecule has 0 aliphatic carbocycles. The molecule has 0 amide bonds. The fourth-order valence-electron chi connectivity index (χ4n) is 2.17. The lowest BCUT2D eigenvalue weighted by Crippen LogP contribution is -2.05. The quantitative estimate of drug-likeness (QED) is 0.866. The van der Waals surface area contributed by atoms with E-state index in [1.165, 1.54) is 0 Å². The van der Waals surface area contributed by atoms with Gasteiger partial charge in [0.15, 0.2) is 0 Å². The Morgan fingerprint density at radius 2 is 1.95 bits per heavy atom. The van der Waals surface area contributed by atoms with Crippen molar-refractivity contribution in [1.82, 2.24) is 10.2 Å². The molecule has 2 rings (SSSR count). The molecule has 3 nitrogen and oxygen atoms in total. The van der Waals surface area contributed by atoms with E-state index >= 15 is 0 Å². The average Bonchev–Trinajstić information content (AvgIpc) is 2.71. The first kappa shape index (κ1) is 14.9. The molecule has 0 aliphatic rings. The number of H-pyrrole nitrogens is 1. The van der Waals surface area contributed by atoms with Gasteiger partial charge in [0.25, 0.3) is 0 Å². The fourth-order valence-corrected chi connectivity index (χ4v) is 2.46. The van der Waals surface area contributed by atoms with Crippen LogP contribution in [-0.4, -0.2) is 10.2 Å². The van der Waals surface area contributed by atoms with E-state index in [1.54, 1.807) is 0 Å². The largest absolute Gasteiger partial charge is 0.468 e. The van der Waals surface area contributed by atoms with Crippen LogP contribution in [0.3, 0.4) is 0 Å². The van der Waals surface area contributed by atoms with Crippen LogP contribution < -0.4 is 4.74 Å². The lowest BCUT2D eigenvalue weighted by Gasteiger charge is -2.15. The van der Waals surface area contributed by atoms with Crippen LogP contribution in [0.15, 0.2) is 24.3 Å².